The second-order valence-electron chi connectivity index (χ2n) is 7.89. The van der Waals surface area contributed by atoms with E-state index >= 15 is 0 Å². The van der Waals surface area contributed by atoms with Gasteiger partial charge in [0.1, 0.15) is 16.7 Å². The molecule has 0 fully saturated rings. The molecular weight excluding hydrogens is 362 g/mol. The molecule has 0 spiro atoms. The number of aromatic nitrogens is 5. The van der Waals surface area contributed by atoms with E-state index < -0.39 is 0 Å². The summed E-state index contributed by atoms with van der Waals surface area (Å²) in [4.78, 5) is 28.2. The molecule has 0 saturated heterocycles. The standard InChI is InChI=1S/C23H29N5O/c1-5-7-8-11-14-27-21-19(23(29)28(15(3)6-2)16(4)24-21)20-22(27)26-18-13-10-9-12-17(18)25-20/h9-10,12-13,15H,5-8,11,14H2,1-4H3/t15-/m0/s1. The Morgan fingerprint density at radius 3 is 2.38 bits per heavy atom. The molecule has 0 unspecified atom stereocenters. The van der Waals surface area contributed by atoms with Crippen molar-refractivity contribution in [1.82, 2.24) is 24.1 Å². The van der Waals surface area contributed by atoms with Crippen LogP contribution in [0.3, 0.4) is 0 Å². The van der Waals surface area contributed by atoms with Crippen molar-refractivity contribution >= 4 is 33.2 Å². The van der Waals surface area contributed by atoms with E-state index in [9.17, 15) is 4.79 Å². The zero-order valence-electron chi connectivity index (χ0n) is 17.8. The van der Waals surface area contributed by atoms with Crippen LogP contribution in [-0.4, -0.2) is 24.1 Å². The lowest BCUT2D eigenvalue weighted by atomic mass is 10.2. The minimum absolute atomic E-state index is 0.0104. The summed E-state index contributed by atoms with van der Waals surface area (Å²) in [5, 5.41) is 0.597. The summed E-state index contributed by atoms with van der Waals surface area (Å²) >= 11 is 0. The van der Waals surface area contributed by atoms with Crippen molar-refractivity contribution in [2.45, 2.75) is 72.4 Å². The molecule has 0 aliphatic heterocycles. The zero-order chi connectivity index (χ0) is 20.5. The average Bonchev–Trinajstić information content (AvgIpc) is 3.01. The lowest BCUT2D eigenvalue weighted by Gasteiger charge is -2.16. The van der Waals surface area contributed by atoms with Gasteiger partial charge in [-0.05, 0) is 38.8 Å². The maximum absolute atomic E-state index is 13.5. The third-order valence-corrected chi connectivity index (χ3v) is 5.84. The first-order valence-corrected chi connectivity index (χ1v) is 10.7. The molecule has 1 aromatic carbocycles. The molecule has 6 nitrogen and oxygen atoms in total. The Balaban J connectivity index is 2.04. The van der Waals surface area contributed by atoms with Gasteiger partial charge in [0.25, 0.3) is 5.56 Å². The van der Waals surface area contributed by atoms with E-state index in [-0.39, 0.29) is 11.6 Å². The van der Waals surface area contributed by atoms with Crippen LogP contribution in [0.2, 0.25) is 0 Å². The predicted octanol–water partition coefficient (Wildman–Crippen LogP) is 5.15. The lowest BCUT2D eigenvalue weighted by molar-refractivity contribution is 0.496. The Kier molecular flexibility index (Phi) is 5.35. The van der Waals surface area contributed by atoms with Crippen LogP contribution in [0.1, 0.15) is 64.7 Å². The molecule has 0 radical (unpaired) electrons. The van der Waals surface area contributed by atoms with Crippen molar-refractivity contribution in [3.63, 3.8) is 0 Å². The Morgan fingerprint density at radius 1 is 0.966 bits per heavy atom. The fourth-order valence-corrected chi connectivity index (χ4v) is 4.09. The summed E-state index contributed by atoms with van der Waals surface area (Å²) in [6.45, 7) is 9.08. The highest BCUT2D eigenvalue weighted by molar-refractivity contribution is 6.04. The topological polar surface area (TPSA) is 65.6 Å². The zero-order valence-corrected chi connectivity index (χ0v) is 17.8. The Bertz CT molecular complexity index is 1240. The summed E-state index contributed by atoms with van der Waals surface area (Å²) in [7, 11) is 0. The molecular formula is C23H29N5O. The third-order valence-electron chi connectivity index (χ3n) is 5.84. The molecule has 3 heterocycles. The summed E-state index contributed by atoms with van der Waals surface area (Å²) in [6.07, 6.45) is 5.46. The number of unbranched alkanes of at least 4 members (excludes halogenated alkanes) is 3. The van der Waals surface area contributed by atoms with E-state index in [2.05, 4.69) is 25.3 Å². The quantitative estimate of drug-likeness (QED) is 0.408. The molecule has 1 atom stereocenters. The van der Waals surface area contributed by atoms with Gasteiger partial charge < -0.3 is 4.57 Å². The van der Waals surface area contributed by atoms with Crippen molar-refractivity contribution in [3.05, 3.63) is 40.4 Å². The summed E-state index contributed by atoms with van der Waals surface area (Å²) in [5.74, 6) is 0.749. The fraction of sp³-hybridized carbons (Fsp3) is 0.478. The molecule has 4 rings (SSSR count). The van der Waals surface area contributed by atoms with Crippen molar-refractivity contribution in [2.75, 3.05) is 0 Å². The van der Waals surface area contributed by atoms with Crippen LogP contribution in [0.25, 0.3) is 33.2 Å². The third kappa shape index (κ3) is 3.30. The van der Waals surface area contributed by atoms with Crippen molar-refractivity contribution in [3.8, 4) is 0 Å². The molecule has 0 N–H and O–H groups in total. The number of nitrogens with zero attached hydrogens (tertiary/aromatic N) is 5. The van der Waals surface area contributed by atoms with Gasteiger partial charge in [0.2, 0.25) is 0 Å². The second-order valence-corrected chi connectivity index (χ2v) is 7.89. The highest BCUT2D eigenvalue weighted by atomic mass is 16.1. The smallest absolute Gasteiger partial charge is 0.265 e. The van der Waals surface area contributed by atoms with Gasteiger partial charge in [-0.1, -0.05) is 45.2 Å². The number of rotatable bonds is 7. The lowest BCUT2D eigenvalue weighted by Crippen LogP contribution is -2.26. The van der Waals surface area contributed by atoms with Gasteiger partial charge in [0.05, 0.1) is 11.0 Å². The maximum atomic E-state index is 13.5. The Morgan fingerprint density at radius 2 is 1.69 bits per heavy atom. The maximum Gasteiger partial charge on any atom is 0.265 e. The molecule has 4 aromatic rings. The van der Waals surface area contributed by atoms with E-state index in [0.717, 1.165) is 48.3 Å². The number of hydrogen-bond donors (Lipinski definition) is 0. The first kappa shape index (κ1) is 19.6. The van der Waals surface area contributed by atoms with Crippen molar-refractivity contribution < 1.29 is 0 Å². The van der Waals surface area contributed by atoms with E-state index in [0.29, 0.717) is 16.6 Å². The van der Waals surface area contributed by atoms with Gasteiger partial charge in [0.15, 0.2) is 11.3 Å². The van der Waals surface area contributed by atoms with Gasteiger partial charge >= 0.3 is 0 Å². The van der Waals surface area contributed by atoms with Crippen LogP contribution in [0.5, 0.6) is 0 Å². The molecule has 0 aliphatic carbocycles. The SMILES string of the molecule is CCCCCCn1c2nc3ccccc3nc2c2c(=O)n([C@@H](C)CC)c(C)nc21. The second kappa shape index (κ2) is 7.93. The summed E-state index contributed by atoms with van der Waals surface area (Å²) < 4.78 is 3.91. The monoisotopic (exact) mass is 391 g/mol. The minimum Gasteiger partial charge on any atom is -0.308 e. The number of fused-ring (bicyclic) bond motifs is 4. The van der Waals surface area contributed by atoms with Crippen LogP contribution < -0.4 is 5.56 Å². The molecule has 152 valence electrons. The number of para-hydroxylation sites is 2. The molecule has 0 amide bonds. The van der Waals surface area contributed by atoms with Gasteiger partial charge in [-0.2, -0.15) is 0 Å². The van der Waals surface area contributed by atoms with Crippen LogP contribution >= 0.6 is 0 Å². The van der Waals surface area contributed by atoms with Crippen molar-refractivity contribution in [1.29, 1.82) is 0 Å². The van der Waals surface area contributed by atoms with Crippen LogP contribution in [-0.2, 0) is 6.54 Å². The van der Waals surface area contributed by atoms with Gasteiger partial charge in [0, 0.05) is 12.6 Å². The highest BCUT2D eigenvalue weighted by Crippen LogP contribution is 2.27. The summed E-state index contributed by atoms with van der Waals surface area (Å²) in [6, 6.07) is 7.93. The van der Waals surface area contributed by atoms with Crippen LogP contribution in [0, 0.1) is 6.92 Å². The first-order chi connectivity index (χ1) is 14.1. The van der Waals surface area contributed by atoms with E-state index in [1.807, 2.05) is 31.2 Å². The minimum atomic E-state index is -0.0104. The number of benzene rings is 1. The predicted molar refractivity (Wildman–Crippen MR) is 118 cm³/mol. The average molecular weight is 392 g/mol. The van der Waals surface area contributed by atoms with E-state index in [1.54, 1.807) is 4.57 Å². The largest absolute Gasteiger partial charge is 0.308 e. The molecule has 6 heteroatoms. The van der Waals surface area contributed by atoms with Crippen molar-refractivity contribution in [2.24, 2.45) is 0 Å². The number of hydrogen-bond acceptors (Lipinski definition) is 4. The van der Waals surface area contributed by atoms with Gasteiger partial charge in [-0.3, -0.25) is 9.36 Å². The highest BCUT2D eigenvalue weighted by Gasteiger charge is 2.22. The first-order valence-electron chi connectivity index (χ1n) is 10.7. The van der Waals surface area contributed by atoms with Gasteiger partial charge in [-0.25, -0.2) is 15.0 Å². The van der Waals surface area contributed by atoms with E-state index in [1.165, 1.54) is 12.8 Å². The summed E-state index contributed by atoms with van der Waals surface area (Å²) in [5.41, 5.74) is 3.79. The molecule has 0 saturated carbocycles. The number of aryl methyl sites for hydroxylation is 2. The molecule has 0 aliphatic rings. The van der Waals surface area contributed by atoms with Crippen LogP contribution in [0.15, 0.2) is 29.1 Å². The fourth-order valence-electron chi connectivity index (χ4n) is 4.09. The van der Waals surface area contributed by atoms with Gasteiger partial charge in [-0.15, -0.1) is 0 Å². The molecule has 3 aromatic heterocycles. The Labute approximate surface area is 170 Å². The normalized spacial score (nSPS) is 13.0. The molecule has 29 heavy (non-hydrogen) atoms. The van der Waals surface area contributed by atoms with Crippen LogP contribution in [0.4, 0.5) is 0 Å². The van der Waals surface area contributed by atoms with E-state index in [4.69, 9.17) is 15.0 Å². The Hall–Kier alpha value is -2.76. The molecule has 0 bridgehead atoms.